The number of aliphatic imine (C=N–C) groups is 1. The number of halogens is 3. The van der Waals surface area contributed by atoms with Crippen LogP contribution in [0, 0.1) is 5.92 Å². The maximum absolute atomic E-state index is 12.6. The molecule has 5 heteroatoms. The van der Waals surface area contributed by atoms with Crippen LogP contribution < -0.4 is 0 Å². The first kappa shape index (κ1) is 12.2. The zero-order chi connectivity index (χ0) is 11.3. The Morgan fingerprint density at radius 1 is 1.13 bits per heavy atom. The van der Waals surface area contributed by atoms with E-state index in [1.807, 2.05) is 0 Å². The zero-order valence-corrected chi connectivity index (χ0v) is 8.39. The van der Waals surface area contributed by atoms with Crippen molar-refractivity contribution in [1.29, 1.82) is 0 Å². The average Bonchev–Trinajstić information content (AvgIpc) is 2.40. The van der Waals surface area contributed by atoms with Gasteiger partial charge in [-0.25, -0.2) is 4.79 Å². The highest BCUT2D eigenvalue weighted by atomic mass is 19.4. The minimum atomic E-state index is -4.41. The number of alkyl halides is 3. The van der Waals surface area contributed by atoms with Gasteiger partial charge >= 0.3 is 6.18 Å². The Bertz CT molecular complexity index is 238. The van der Waals surface area contributed by atoms with Gasteiger partial charge in [-0.05, 0) is 18.8 Å². The third-order valence-electron chi connectivity index (χ3n) is 2.87. The lowest BCUT2D eigenvalue weighted by Gasteiger charge is -2.23. The van der Waals surface area contributed by atoms with Crippen LogP contribution in [0.4, 0.5) is 13.2 Å². The minimum Gasteiger partial charge on any atom is -0.211 e. The highest BCUT2D eigenvalue weighted by molar-refractivity contribution is 5.34. The molecule has 1 saturated carbocycles. The molecular weight excluding hydrogens is 207 g/mol. The summed E-state index contributed by atoms with van der Waals surface area (Å²) in [4.78, 5) is 12.9. The normalized spacial score (nSPS) is 21.5. The lowest BCUT2D eigenvalue weighted by atomic mass is 9.92. The predicted octanol–water partition coefficient (Wildman–Crippen LogP) is 3.22. The Morgan fingerprint density at radius 3 is 2.07 bits per heavy atom. The van der Waals surface area contributed by atoms with E-state index in [0.717, 1.165) is 31.8 Å². The van der Waals surface area contributed by atoms with Crippen LogP contribution in [0.25, 0.3) is 0 Å². The van der Waals surface area contributed by atoms with Gasteiger partial charge in [-0.1, -0.05) is 25.7 Å². The second-order valence-electron chi connectivity index (χ2n) is 3.96. The van der Waals surface area contributed by atoms with E-state index >= 15 is 0 Å². The van der Waals surface area contributed by atoms with Crippen LogP contribution in [0.5, 0.6) is 0 Å². The Kier molecular flexibility index (Phi) is 4.33. The Hall–Kier alpha value is -0.830. The molecule has 0 bridgehead atoms. The van der Waals surface area contributed by atoms with E-state index in [1.54, 1.807) is 0 Å². The fourth-order valence-electron chi connectivity index (χ4n) is 2.13. The van der Waals surface area contributed by atoms with E-state index in [2.05, 4.69) is 4.99 Å². The molecule has 15 heavy (non-hydrogen) atoms. The number of hydrogen-bond donors (Lipinski definition) is 0. The minimum absolute atomic E-state index is 0.509. The molecule has 1 atom stereocenters. The summed E-state index contributed by atoms with van der Waals surface area (Å²) in [5, 5.41) is 0. The van der Waals surface area contributed by atoms with E-state index in [0.29, 0.717) is 12.8 Å². The number of isocyanates is 1. The highest BCUT2D eigenvalue weighted by Crippen LogP contribution is 2.35. The van der Waals surface area contributed by atoms with Crippen molar-refractivity contribution >= 4 is 6.08 Å². The van der Waals surface area contributed by atoms with Crippen LogP contribution in [-0.4, -0.2) is 18.3 Å². The summed E-state index contributed by atoms with van der Waals surface area (Å²) in [6.07, 6.45) is 1.21. The van der Waals surface area contributed by atoms with Gasteiger partial charge in [-0.2, -0.15) is 18.2 Å². The Balaban J connectivity index is 2.73. The first-order valence-corrected chi connectivity index (χ1v) is 5.19. The van der Waals surface area contributed by atoms with Gasteiger partial charge in [0, 0.05) is 0 Å². The van der Waals surface area contributed by atoms with E-state index in [9.17, 15) is 18.0 Å². The molecule has 0 amide bonds. The van der Waals surface area contributed by atoms with Crippen LogP contribution in [0.1, 0.15) is 38.5 Å². The molecule has 0 heterocycles. The van der Waals surface area contributed by atoms with Crippen molar-refractivity contribution in [2.75, 3.05) is 0 Å². The predicted molar refractivity (Wildman–Crippen MR) is 49.2 cm³/mol. The summed E-state index contributed by atoms with van der Waals surface area (Å²) in [6.45, 7) is 0. The summed E-state index contributed by atoms with van der Waals surface area (Å²) in [5.74, 6) is -0.533. The van der Waals surface area contributed by atoms with Crippen molar-refractivity contribution in [2.45, 2.75) is 50.7 Å². The molecule has 2 nitrogen and oxygen atoms in total. The van der Waals surface area contributed by atoms with Crippen LogP contribution >= 0.6 is 0 Å². The molecular formula is C10H14F3NO. The van der Waals surface area contributed by atoms with E-state index in [1.165, 1.54) is 0 Å². The monoisotopic (exact) mass is 221 g/mol. The van der Waals surface area contributed by atoms with Gasteiger partial charge in [-0.3, -0.25) is 0 Å². The topological polar surface area (TPSA) is 29.4 Å². The molecule has 1 fully saturated rings. The largest absolute Gasteiger partial charge is 0.411 e. The number of rotatable bonds is 2. The molecule has 0 aromatic carbocycles. The van der Waals surface area contributed by atoms with Gasteiger partial charge in [0.25, 0.3) is 0 Å². The van der Waals surface area contributed by atoms with Gasteiger partial charge < -0.3 is 0 Å². The fourth-order valence-corrected chi connectivity index (χ4v) is 2.13. The van der Waals surface area contributed by atoms with Gasteiger partial charge in [-0.15, -0.1) is 0 Å². The summed E-state index contributed by atoms with van der Waals surface area (Å²) in [5.41, 5.74) is 0. The van der Waals surface area contributed by atoms with Crippen molar-refractivity contribution in [3.63, 3.8) is 0 Å². The lowest BCUT2D eigenvalue weighted by molar-refractivity contribution is -0.159. The molecule has 1 aliphatic rings. The van der Waals surface area contributed by atoms with Gasteiger partial charge in [0.15, 0.2) is 6.04 Å². The molecule has 86 valence electrons. The summed E-state index contributed by atoms with van der Waals surface area (Å²) in [6, 6.07) is -1.84. The van der Waals surface area contributed by atoms with Crippen LogP contribution in [0.15, 0.2) is 4.99 Å². The van der Waals surface area contributed by atoms with E-state index < -0.39 is 18.1 Å². The maximum Gasteiger partial charge on any atom is 0.411 e. The molecule has 0 N–H and O–H groups in total. The summed E-state index contributed by atoms with van der Waals surface area (Å²) in [7, 11) is 0. The molecule has 0 aromatic rings. The smallest absolute Gasteiger partial charge is 0.211 e. The third-order valence-corrected chi connectivity index (χ3v) is 2.87. The third kappa shape index (κ3) is 3.67. The maximum atomic E-state index is 12.6. The quantitative estimate of drug-likeness (QED) is 0.400. The molecule has 0 radical (unpaired) electrons. The first-order chi connectivity index (χ1) is 7.05. The number of nitrogens with zero attached hydrogens (tertiary/aromatic N) is 1. The number of hydrogen-bond acceptors (Lipinski definition) is 2. The standard InChI is InChI=1S/C10H14F3NO/c11-10(12,13)9(14-7-15)8-5-3-1-2-4-6-8/h8-9H,1-6H2. The van der Waals surface area contributed by atoms with Crippen molar-refractivity contribution in [3.05, 3.63) is 0 Å². The van der Waals surface area contributed by atoms with Gasteiger partial charge in [0.2, 0.25) is 6.08 Å². The molecule has 1 rings (SSSR count). The first-order valence-electron chi connectivity index (χ1n) is 5.19. The molecule has 1 aliphatic carbocycles. The van der Waals surface area contributed by atoms with Crippen LogP contribution in [0.3, 0.4) is 0 Å². The molecule has 0 aliphatic heterocycles. The van der Waals surface area contributed by atoms with E-state index in [-0.39, 0.29) is 0 Å². The Labute approximate surface area is 86.6 Å². The lowest BCUT2D eigenvalue weighted by Crippen LogP contribution is -2.34. The van der Waals surface area contributed by atoms with Gasteiger partial charge in [0.1, 0.15) is 0 Å². The number of carbonyl (C=O) groups excluding carboxylic acids is 1. The van der Waals surface area contributed by atoms with E-state index in [4.69, 9.17) is 0 Å². The summed E-state index contributed by atoms with van der Waals surface area (Å²) < 4.78 is 37.7. The molecule has 1 unspecified atom stereocenters. The molecule has 0 saturated heterocycles. The van der Waals surface area contributed by atoms with Crippen molar-refractivity contribution < 1.29 is 18.0 Å². The van der Waals surface area contributed by atoms with Crippen LogP contribution in [-0.2, 0) is 4.79 Å². The van der Waals surface area contributed by atoms with Crippen molar-refractivity contribution in [2.24, 2.45) is 10.9 Å². The SMILES string of the molecule is O=C=NC(C1CCCCCC1)C(F)(F)F. The van der Waals surface area contributed by atoms with Crippen molar-refractivity contribution in [1.82, 2.24) is 0 Å². The fraction of sp³-hybridized carbons (Fsp3) is 0.900. The zero-order valence-electron chi connectivity index (χ0n) is 8.39. The molecule has 0 aromatic heterocycles. The second-order valence-corrected chi connectivity index (χ2v) is 3.96. The molecule has 0 spiro atoms. The van der Waals surface area contributed by atoms with Crippen molar-refractivity contribution in [3.8, 4) is 0 Å². The Morgan fingerprint density at radius 2 is 1.67 bits per heavy atom. The van der Waals surface area contributed by atoms with Crippen LogP contribution in [0.2, 0.25) is 0 Å². The summed E-state index contributed by atoms with van der Waals surface area (Å²) >= 11 is 0. The highest BCUT2D eigenvalue weighted by Gasteiger charge is 2.44. The van der Waals surface area contributed by atoms with Gasteiger partial charge in [0.05, 0.1) is 0 Å². The second kappa shape index (κ2) is 5.31. The average molecular weight is 221 g/mol.